The van der Waals surface area contributed by atoms with Crippen molar-refractivity contribution in [2.75, 3.05) is 27.3 Å². The first kappa shape index (κ1) is 13.0. The summed E-state index contributed by atoms with van der Waals surface area (Å²) in [6.45, 7) is 2.10. The number of hydrogen-bond donors (Lipinski definition) is 2. The highest BCUT2D eigenvalue weighted by molar-refractivity contribution is 5.26. The van der Waals surface area contributed by atoms with Gasteiger partial charge in [-0.3, -0.25) is 0 Å². The summed E-state index contributed by atoms with van der Waals surface area (Å²) in [7, 11) is 3.65. The zero-order chi connectivity index (χ0) is 12.0. The van der Waals surface area contributed by atoms with Crippen molar-refractivity contribution in [3.63, 3.8) is 0 Å². The van der Waals surface area contributed by atoms with Gasteiger partial charge >= 0.3 is 0 Å². The molecule has 3 N–H and O–H groups in total. The van der Waals surface area contributed by atoms with Crippen LogP contribution in [0.3, 0.4) is 0 Å². The van der Waals surface area contributed by atoms with Crippen LogP contribution in [0.2, 0.25) is 0 Å². The van der Waals surface area contributed by atoms with Gasteiger partial charge in [0.1, 0.15) is 5.75 Å². The second-order valence-electron chi connectivity index (χ2n) is 4.08. The number of likely N-dealkylation sites (N-methyl/N-ethyl adjacent to an activating group) is 1. The van der Waals surface area contributed by atoms with Crippen molar-refractivity contribution in [2.24, 2.45) is 5.73 Å². The molecule has 1 aromatic carbocycles. The van der Waals surface area contributed by atoms with E-state index in [-0.39, 0.29) is 6.04 Å². The minimum absolute atomic E-state index is 0.0207. The Labute approximate surface area is 96.6 Å². The zero-order valence-corrected chi connectivity index (χ0v) is 9.89. The lowest BCUT2D eigenvalue weighted by atomic mass is 10.2. The van der Waals surface area contributed by atoms with Crippen molar-refractivity contribution in [3.8, 4) is 5.75 Å². The molecule has 1 aromatic rings. The summed E-state index contributed by atoms with van der Waals surface area (Å²) in [5.41, 5.74) is 6.93. The molecular weight excluding hydrogens is 204 g/mol. The first-order valence-corrected chi connectivity index (χ1v) is 5.32. The molecule has 0 aliphatic heterocycles. The van der Waals surface area contributed by atoms with Gasteiger partial charge in [-0.1, -0.05) is 12.1 Å². The molecule has 0 saturated carbocycles. The van der Waals surface area contributed by atoms with Crippen molar-refractivity contribution in [2.45, 2.75) is 12.6 Å². The van der Waals surface area contributed by atoms with Gasteiger partial charge in [-0.2, -0.15) is 0 Å². The molecular formula is C12H20N2O2. The average Bonchev–Trinajstić information content (AvgIpc) is 2.17. The van der Waals surface area contributed by atoms with Gasteiger partial charge in [0.2, 0.25) is 0 Å². The van der Waals surface area contributed by atoms with E-state index in [2.05, 4.69) is 4.90 Å². The van der Waals surface area contributed by atoms with Gasteiger partial charge in [-0.15, -0.1) is 0 Å². The smallest absolute Gasteiger partial charge is 0.115 e. The molecule has 16 heavy (non-hydrogen) atoms. The Morgan fingerprint density at radius 3 is 2.88 bits per heavy atom. The molecule has 0 aromatic heterocycles. The summed E-state index contributed by atoms with van der Waals surface area (Å²) in [5, 5.41) is 9.33. The number of phenols is 1. The van der Waals surface area contributed by atoms with Gasteiger partial charge in [0, 0.05) is 26.2 Å². The predicted molar refractivity (Wildman–Crippen MR) is 64.3 cm³/mol. The monoisotopic (exact) mass is 224 g/mol. The van der Waals surface area contributed by atoms with Gasteiger partial charge in [-0.05, 0) is 24.7 Å². The number of ether oxygens (including phenoxy) is 1. The molecule has 0 spiro atoms. The lowest BCUT2D eigenvalue weighted by molar-refractivity contribution is 0.160. The van der Waals surface area contributed by atoms with Crippen LogP contribution in [0.5, 0.6) is 5.75 Å². The van der Waals surface area contributed by atoms with Crippen molar-refractivity contribution in [1.29, 1.82) is 0 Å². The number of hydrogen-bond acceptors (Lipinski definition) is 4. The topological polar surface area (TPSA) is 58.7 Å². The van der Waals surface area contributed by atoms with Crippen LogP contribution in [-0.2, 0) is 11.3 Å². The normalized spacial score (nSPS) is 13.0. The van der Waals surface area contributed by atoms with E-state index in [1.54, 1.807) is 19.2 Å². The molecule has 90 valence electrons. The van der Waals surface area contributed by atoms with Crippen molar-refractivity contribution in [1.82, 2.24) is 4.90 Å². The number of aromatic hydroxyl groups is 1. The average molecular weight is 224 g/mol. The van der Waals surface area contributed by atoms with Crippen LogP contribution < -0.4 is 5.73 Å². The third-order valence-corrected chi connectivity index (χ3v) is 2.29. The van der Waals surface area contributed by atoms with Crippen LogP contribution >= 0.6 is 0 Å². The summed E-state index contributed by atoms with van der Waals surface area (Å²) in [5.74, 6) is 0.298. The Bertz CT molecular complexity index is 318. The maximum absolute atomic E-state index is 9.33. The molecule has 4 heteroatoms. The minimum atomic E-state index is 0.0207. The fraction of sp³-hybridized carbons (Fsp3) is 0.500. The molecule has 0 aliphatic carbocycles. The van der Waals surface area contributed by atoms with Crippen LogP contribution in [0.25, 0.3) is 0 Å². The summed E-state index contributed by atoms with van der Waals surface area (Å²) in [6, 6.07) is 7.27. The summed E-state index contributed by atoms with van der Waals surface area (Å²) in [6.07, 6.45) is 0. The first-order valence-electron chi connectivity index (χ1n) is 5.32. The zero-order valence-electron chi connectivity index (χ0n) is 9.89. The second-order valence-corrected chi connectivity index (χ2v) is 4.08. The van der Waals surface area contributed by atoms with Crippen LogP contribution in [0.4, 0.5) is 0 Å². The van der Waals surface area contributed by atoms with E-state index >= 15 is 0 Å². The summed E-state index contributed by atoms with van der Waals surface area (Å²) >= 11 is 0. The SMILES string of the molecule is COCC(N)CN(C)Cc1cccc(O)c1. The molecule has 0 bridgehead atoms. The molecule has 1 atom stereocenters. The van der Waals surface area contributed by atoms with Gasteiger partial charge in [-0.25, -0.2) is 0 Å². The standard InChI is InChI=1S/C12H20N2O2/c1-14(8-11(13)9-16-2)7-10-4-3-5-12(15)6-10/h3-6,11,15H,7-9,13H2,1-2H3. The lowest BCUT2D eigenvalue weighted by Gasteiger charge is -2.20. The van der Waals surface area contributed by atoms with Crippen LogP contribution in [-0.4, -0.2) is 43.4 Å². The van der Waals surface area contributed by atoms with Crippen LogP contribution in [0, 0.1) is 0 Å². The van der Waals surface area contributed by atoms with Gasteiger partial charge < -0.3 is 20.5 Å². The largest absolute Gasteiger partial charge is 0.508 e. The Kier molecular flexibility index (Phi) is 5.25. The van der Waals surface area contributed by atoms with E-state index in [9.17, 15) is 5.11 Å². The van der Waals surface area contributed by atoms with E-state index < -0.39 is 0 Å². The Morgan fingerprint density at radius 2 is 2.25 bits per heavy atom. The van der Waals surface area contributed by atoms with E-state index in [0.29, 0.717) is 12.4 Å². The molecule has 0 aliphatic rings. The summed E-state index contributed by atoms with van der Waals surface area (Å²) < 4.78 is 4.98. The highest BCUT2D eigenvalue weighted by atomic mass is 16.5. The van der Waals surface area contributed by atoms with Gasteiger partial charge in [0.15, 0.2) is 0 Å². The third kappa shape index (κ3) is 4.61. The molecule has 0 fully saturated rings. The van der Waals surface area contributed by atoms with Crippen molar-refractivity contribution in [3.05, 3.63) is 29.8 Å². The number of nitrogens with zero attached hydrogens (tertiary/aromatic N) is 1. The number of methoxy groups -OCH3 is 1. The Hall–Kier alpha value is -1.10. The van der Waals surface area contributed by atoms with E-state index in [1.165, 1.54) is 0 Å². The maximum atomic E-state index is 9.33. The number of rotatable bonds is 6. The van der Waals surface area contributed by atoms with Crippen molar-refractivity contribution < 1.29 is 9.84 Å². The lowest BCUT2D eigenvalue weighted by Crippen LogP contribution is -2.38. The molecule has 0 saturated heterocycles. The Balaban J connectivity index is 2.42. The molecule has 0 amide bonds. The highest BCUT2D eigenvalue weighted by Gasteiger charge is 2.07. The van der Waals surface area contributed by atoms with Crippen LogP contribution in [0.1, 0.15) is 5.56 Å². The molecule has 0 radical (unpaired) electrons. The van der Waals surface area contributed by atoms with E-state index in [4.69, 9.17) is 10.5 Å². The number of phenolic OH excluding ortho intramolecular Hbond substituents is 1. The molecule has 4 nitrogen and oxygen atoms in total. The minimum Gasteiger partial charge on any atom is -0.508 e. The van der Waals surface area contributed by atoms with Gasteiger partial charge in [0.05, 0.1) is 6.61 Å². The first-order chi connectivity index (χ1) is 7.61. The number of nitrogens with two attached hydrogens (primary N) is 1. The summed E-state index contributed by atoms with van der Waals surface area (Å²) in [4.78, 5) is 2.11. The molecule has 0 heterocycles. The number of benzene rings is 1. The quantitative estimate of drug-likeness (QED) is 0.750. The fourth-order valence-electron chi connectivity index (χ4n) is 1.70. The van der Waals surface area contributed by atoms with Crippen LogP contribution in [0.15, 0.2) is 24.3 Å². The highest BCUT2D eigenvalue weighted by Crippen LogP contribution is 2.12. The van der Waals surface area contributed by atoms with Gasteiger partial charge in [0.25, 0.3) is 0 Å². The fourth-order valence-corrected chi connectivity index (χ4v) is 1.70. The maximum Gasteiger partial charge on any atom is 0.115 e. The molecule has 1 rings (SSSR count). The Morgan fingerprint density at radius 1 is 1.50 bits per heavy atom. The third-order valence-electron chi connectivity index (χ3n) is 2.29. The van der Waals surface area contributed by atoms with E-state index in [0.717, 1.165) is 18.7 Å². The van der Waals surface area contributed by atoms with Crippen molar-refractivity contribution >= 4 is 0 Å². The predicted octanol–water partition coefficient (Wildman–Crippen LogP) is 0.798. The molecule has 1 unspecified atom stereocenters. The van der Waals surface area contributed by atoms with E-state index in [1.807, 2.05) is 19.2 Å². The second kappa shape index (κ2) is 6.48.